The van der Waals surface area contributed by atoms with Crippen molar-refractivity contribution in [3.63, 3.8) is 0 Å². The Balaban J connectivity index is 2.30. The minimum absolute atomic E-state index is 0.0195. The summed E-state index contributed by atoms with van der Waals surface area (Å²) in [5.74, 6) is 0.615. The molecule has 0 spiro atoms. The molecule has 0 saturated carbocycles. The highest BCUT2D eigenvalue weighted by Gasteiger charge is 2.31. The first-order chi connectivity index (χ1) is 7.20. The predicted molar refractivity (Wildman–Crippen MR) is 61.0 cm³/mol. The van der Waals surface area contributed by atoms with Crippen LogP contribution in [0.4, 0.5) is 0 Å². The number of nitrogens with one attached hydrogen (secondary N) is 1. The molecule has 0 amide bonds. The van der Waals surface area contributed by atoms with Crippen LogP contribution in [0.5, 0.6) is 0 Å². The van der Waals surface area contributed by atoms with Crippen molar-refractivity contribution in [2.45, 2.75) is 32.2 Å². The molecule has 1 N–H and O–H groups in total. The molecule has 0 radical (unpaired) electrons. The Bertz CT molecular complexity index is 373. The molecular weight excluding hydrogens is 186 g/mol. The Kier molecular flexibility index (Phi) is 2.87. The average Bonchev–Trinajstić information content (AvgIpc) is 2.67. The summed E-state index contributed by atoms with van der Waals surface area (Å²) in [6.45, 7) is 4.74. The molecule has 2 heteroatoms. The van der Waals surface area contributed by atoms with Gasteiger partial charge in [0.15, 0.2) is 0 Å². The zero-order valence-corrected chi connectivity index (χ0v) is 9.29. The van der Waals surface area contributed by atoms with E-state index in [1.165, 1.54) is 11.1 Å². The van der Waals surface area contributed by atoms with E-state index in [1.54, 1.807) is 6.92 Å². The van der Waals surface area contributed by atoms with Gasteiger partial charge < -0.3 is 5.32 Å². The van der Waals surface area contributed by atoms with E-state index in [2.05, 4.69) is 30.4 Å². The highest BCUT2D eigenvalue weighted by atomic mass is 16.1. The molecule has 1 fully saturated rings. The zero-order chi connectivity index (χ0) is 10.8. The highest BCUT2D eigenvalue weighted by Crippen LogP contribution is 2.30. The Morgan fingerprint density at radius 3 is 2.80 bits per heavy atom. The molecule has 1 heterocycles. The van der Waals surface area contributed by atoms with E-state index in [1.807, 2.05) is 6.07 Å². The van der Waals surface area contributed by atoms with E-state index < -0.39 is 0 Å². The first-order valence-electron chi connectivity index (χ1n) is 5.49. The molecule has 1 aromatic rings. The standard InChI is InChI=1S/C13H17NO/c1-9-5-3-4-6-11(9)12-7-8-14-13(12)10(2)15/h3-6,12-14H,7-8H2,1-2H3/t12-,13+/m0/s1. The number of hydrogen-bond acceptors (Lipinski definition) is 2. The van der Waals surface area contributed by atoms with Crippen LogP contribution < -0.4 is 5.32 Å². The number of ketones is 1. The van der Waals surface area contributed by atoms with E-state index in [9.17, 15) is 4.79 Å². The lowest BCUT2D eigenvalue weighted by atomic mass is 9.87. The quantitative estimate of drug-likeness (QED) is 0.796. The van der Waals surface area contributed by atoms with Gasteiger partial charge >= 0.3 is 0 Å². The lowest BCUT2D eigenvalue weighted by Gasteiger charge is -2.19. The fourth-order valence-corrected chi connectivity index (χ4v) is 2.47. The second-order valence-corrected chi connectivity index (χ2v) is 4.29. The van der Waals surface area contributed by atoms with Crippen molar-refractivity contribution >= 4 is 5.78 Å². The number of rotatable bonds is 2. The molecule has 0 aliphatic carbocycles. The van der Waals surface area contributed by atoms with E-state index in [0.717, 1.165) is 13.0 Å². The third kappa shape index (κ3) is 1.95. The molecule has 2 nitrogen and oxygen atoms in total. The Labute approximate surface area is 90.7 Å². The highest BCUT2D eigenvalue weighted by molar-refractivity contribution is 5.83. The average molecular weight is 203 g/mol. The maximum absolute atomic E-state index is 11.5. The fraction of sp³-hybridized carbons (Fsp3) is 0.462. The van der Waals surface area contributed by atoms with Crippen LogP contribution in [0.1, 0.15) is 30.4 Å². The summed E-state index contributed by atoms with van der Waals surface area (Å²) < 4.78 is 0. The first-order valence-corrected chi connectivity index (χ1v) is 5.49. The number of benzene rings is 1. The van der Waals surface area contributed by atoms with Gasteiger partial charge in [-0.15, -0.1) is 0 Å². The van der Waals surface area contributed by atoms with Crippen molar-refractivity contribution in [1.82, 2.24) is 5.32 Å². The molecule has 80 valence electrons. The molecule has 2 rings (SSSR count). The van der Waals surface area contributed by atoms with Crippen molar-refractivity contribution in [2.75, 3.05) is 6.54 Å². The van der Waals surface area contributed by atoms with Gasteiger partial charge in [-0.2, -0.15) is 0 Å². The van der Waals surface area contributed by atoms with E-state index >= 15 is 0 Å². The molecule has 1 aliphatic rings. The van der Waals surface area contributed by atoms with Crippen molar-refractivity contribution in [2.24, 2.45) is 0 Å². The van der Waals surface area contributed by atoms with Gasteiger partial charge in [-0.25, -0.2) is 0 Å². The molecule has 1 aromatic carbocycles. The van der Waals surface area contributed by atoms with Gasteiger partial charge in [0.25, 0.3) is 0 Å². The predicted octanol–water partition coefficient (Wildman–Crippen LogP) is 2.03. The minimum atomic E-state index is 0.0195. The van der Waals surface area contributed by atoms with Crippen LogP contribution in [-0.2, 0) is 4.79 Å². The molecule has 1 saturated heterocycles. The number of carbonyl (C=O) groups is 1. The number of Topliss-reactive ketones (excluding diaryl/α,β-unsaturated/α-hetero) is 1. The fourth-order valence-electron chi connectivity index (χ4n) is 2.47. The minimum Gasteiger partial charge on any atom is -0.307 e. The Hall–Kier alpha value is -1.15. The number of aryl methyl sites for hydroxylation is 1. The SMILES string of the molecule is CC(=O)[C@H]1NCC[C@H]1c1ccccc1C. The summed E-state index contributed by atoms with van der Waals surface area (Å²) in [5, 5.41) is 3.28. The van der Waals surface area contributed by atoms with Crippen molar-refractivity contribution in [3.8, 4) is 0 Å². The second kappa shape index (κ2) is 4.15. The lowest BCUT2D eigenvalue weighted by Crippen LogP contribution is -2.33. The zero-order valence-electron chi connectivity index (χ0n) is 9.29. The summed E-state index contributed by atoms with van der Waals surface area (Å²) in [6.07, 6.45) is 1.06. The monoisotopic (exact) mass is 203 g/mol. The molecular formula is C13H17NO. The number of hydrogen-bond donors (Lipinski definition) is 1. The summed E-state index contributed by atoms with van der Waals surface area (Å²) in [6, 6.07) is 8.38. The van der Waals surface area contributed by atoms with Gasteiger partial charge in [0.05, 0.1) is 6.04 Å². The number of carbonyl (C=O) groups excluding carboxylic acids is 1. The van der Waals surface area contributed by atoms with Gasteiger partial charge in [0, 0.05) is 5.92 Å². The van der Waals surface area contributed by atoms with Crippen LogP contribution >= 0.6 is 0 Å². The van der Waals surface area contributed by atoms with Gasteiger partial charge in [0.2, 0.25) is 0 Å². The summed E-state index contributed by atoms with van der Waals surface area (Å²) >= 11 is 0. The van der Waals surface area contributed by atoms with Gasteiger partial charge in [0.1, 0.15) is 5.78 Å². The maximum Gasteiger partial charge on any atom is 0.147 e. The third-order valence-corrected chi connectivity index (χ3v) is 3.25. The molecule has 0 unspecified atom stereocenters. The third-order valence-electron chi connectivity index (χ3n) is 3.25. The van der Waals surface area contributed by atoms with Crippen molar-refractivity contribution < 1.29 is 4.79 Å². The molecule has 2 atom stereocenters. The normalized spacial score (nSPS) is 25.5. The van der Waals surface area contributed by atoms with Crippen LogP contribution in [0.3, 0.4) is 0 Å². The van der Waals surface area contributed by atoms with Gasteiger partial charge in [-0.05, 0) is 37.9 Å². The van der Waals surface area contributed by atoms with Crippen LogP contribution in [0.2, 0.25) is 0 Å². The van der Waals surface area contributed by atoms with Crippen LogP contribution in [0, 0.1) is 6.92 Å². The Morgan fingerprint density at radius 2 is 2.13 bits per heavy atom. The van der Waals surface area contributed by atoms with Crippen LogP contribution in [0.25, 0.3) is 0 Å². The second-order valence-electron chi connectivity index (χ2n) is 4.29. The molecule has 0 bridgehead atoms. The smallest absolute Gasteiger partial charge is 0.147 e. The lowest BCUT2D eigenvalue weighted by molar-refractivity contribution is -0.118. The van der Waals surface area contributed by atoms with Crippen molar-refractivity contribution in [1.29, 1.82) is 0 Å². The summed E-state index contributed by atoms with van der Waals surface area (Å²) in [4.78, 5) is 11.5. The van der Waals surface area contributed by atoms with Gasteiger partial charge in [-0.1, -0.05) is 24.3 Å². The van der Waals surface area contributed by atoms with E-state index in [4.69, 9.17) is 0 Å². The first kappa shape index (κ1) is 10.4. The maximum atomic E-state index is 11.5. The largest absolute Gasteiger partial charge is 0.307 e. The van der Waals surface area contributed by atoms with Gasteiger partial charge in [-0.3, -0.25) is 4.79 Å². The van der Waals surface area contributed by atoms with E-state index in [0.29, 0.717) is 5.92 Å². The summed E-state index contributed by atoms with van der Waals surface area (Å²) in [5.41, 5.74) is 2.61. The van der Waals surface area contributed by atoms with Crippen LogP contribution in [-0.4, -0.2) is 18.4 Å². The van der Waals surface area contributed by atoms with Crippen LogP contribution in [0.15, 0.2) is 24.3 Å². The topological polar surface area (TPSA) is 29.1 Å². The van der Waals surface area contributed by atoms with Crippen molar-refractivity contribution in [3.05, 3.63) is 35.4 Å². The summed E-state index contributed by atoms with van der Waals surface area (Å²) in [7, 11) is 0. The molecule has 0 aromatic heterocycles. The molecule has 1 aliphatic heterocycles. The molecule has 15 heavy (non-hydrogen) atoms. The van der Waals surface area contributed by atoms with E-state index in [-0.39, 0.29) is 11.8 Å². The Morgan fingerprint density at radius 1 is 1.40 bits per heavy atom.